The van der Waals surface area contributed by atoms with Gasteiger partial charge in [-0.25, -0.2) is 0 Å². The number of nitrogens with zero attached hydrogens (tertiary/aromatic N) is 1. The largest absolute Gasteiger partial charge is 0.467 e. The van der Waals surface area contributed by atoms with E-state index in [0.717, 1.165) is 5.76 Å². The smallest absolute Gasteiger partial charge is 0.223 e. The Labute approximate surface area is 124 Å². The predicted octanol–water partition coefficient (Wildman–Crippen LogP) is 3.46. The zero-order valence-corrected chi connectivity index (χ0v) is 12.3. The van der Waals surface area contributed by atoms with Gasteiger partial charge in [0.2, 0.25) is 5.91 Å². The number of furan rings is 1. The SMILES string of the molecule is CC(c1ccco1)N(C)C(=O)CCC(=O)c1ccccc1. The number of benzene rings is 1. The molecule has 2 aromatic rings. The van der Waals surface area contributed by atoms with Crippen LogP contribution in [0.5, 0.6) is 0 Å². The van der Waals surface area contributed by atoms with Gasteiger partial charge in [0.15, 0.2) is 5.78 Å². The maximum Gasteiger partial charge on any atom is 0.223 e. The first-order chi connectivity index (χ1) is 10.1. The number of Topliss-reactive ketones (excluding diaryl/α,β-unsaturated/α-hetero) is 1. The second-order valence-corrected chi connectivity index (χ2v) is 4.99. The summed E-state index contributed by atoms with van der Waals surface area (Å²) < 4.78 is 5.30. The quantitative estimate of drug-likeness (QED) is 0.764. The van der Waals surface area contributed by atoms with Crippen LogP contribution in [-0.2, 0) is 4.79 Å². The van der Waals surface area contributed by atoms with Gasteiger partial charge < -0.3 is 9.32 Å². The van der Waals surface area contributed by atoms with E-state index in [-0.39, 0.29) is 30.6 Å². The van der Waals surface area contributed by atoms with Crippen molar-refractivity contribution in [2.45, 2.75) is 25.8 Å². The highest BCUT2D eigenvalue weighted by Crippen LogP contribution is 2.20. The molecule has 1 unspecified atom stereocenters. The minimum absolute atomic E-state index is 0.0111. The first-order valence-corrected chi connectivity index (χ1v) is 6.97. The number of rotatable bonds is 6. The molecule has 0 radical (unpaired) electrons. The Balaban J connectivity index is 1.88. The molecule has 0 fully saturated rings. The molecule has 0 spiro atoms. The summed E-state index contributed by atoms with van der Waals surface area (Å²) in [5.74, 6) is 0.659. The van der Waals surface area contributed by atoms with Crippen molar-refractivity contribution in [2.75, 3.05) is 7.05 Å². The third-order valence-electron chi connectivity index (χ3n) is 3.59. The van der Waals surface area contributed by atoms with E-state index in [2.05, 4.69) is 0 Å². The average Bonchev–Trinajstić information content (AvgIpc) is 3.06. The van der Waals surface area contributed by atoms with Gasteiger partial charge in [0.05, 0.1) is 12.3 Å². The Morgan fingerprint density at radius 1 is 1.10 bits per heavy atom. The maximum atomic E-state index is 12.1. The molecule has 0 bridgehead atoms. The van der Waals surface area contributed by atoms with Gasteiger partial charge in [-0.15, -0.1) is 0 Å². The van der Waals surface area contributed by atoms with Crippen LogP contribution >= 0.6 is 0 Å². The van der Waals surface area contributed by atoms with E-state index in [0.29, 0.717) is 5.56 Å². The summed E-state index contributed by atoms with van der Waals surface area (Å²) in [5.41, 5.74) is 0.645. The van der Waals surface area contributed by atoms with Gasteiger partial charge in [0.1, 0.15) is 5.76 Å². The summed E-state index contributed by atoms with van der Waals surface area (Å²) in [5, 5.41) is 0. The van der Waals surface area contributed by atoms with Crippen molar-refractivity contribution >= 4 is 11.7 Å². The molecule has 0 aliphatic heterocycles. The lowest BCUT2D eigenvalue weighted by Gasteiger charge is -2.23. The van der Waals surface area contributed by atoms with Gasteiger partial charge >= 0.3 is 0 Å². The molecular weight excluding hydrogens is 266 g/mol. The fourth-order valence-corrected chi connectivity index (χ4v) is 2.10. The lowest BCUT2D eigenvalue weighted by molar-refractivity contribution is -0.132. The highest BCUT2D eigenvalue weighted by atomic mass is 16.3. The second kappa shape index (κ2) is 6.88. The number of carbonyl (C=O) groups is 2. The summed E-state index contributed by atoms with van der Waals surface area (Å²) in [7, 11) is 1.72. The highest BCUT2D eigenvalue weighted by Gasteiger charge is 2.20. The summed E-state index contributed by atoms with van der Waals surface area (Å²) in [6, 6.07) is 12.5. The maximum absolute atomic E-state index is 12.1. The van der Waals surface area contributed by atoms with Crippen LogP contribution in [0.4, 0.5) is 0 Å². The van der Waals surface area contributed by atoms with E-state index in [1.807, 2.05) is 31.2 Å². The zero-order chi connectivity index (χ0) is 15.2. The van der Waals surface area contributed by atoms with E-state index in [9.17, 15) is 9.59 Å². The molecule has 110 valence electrons. The molecule has 2 rings (SSSR count). The van der Waals surface area contributed by atoms with Crippen molar-refractivity contribution in [3.05, 3.63) is 60.1 Å². The van der Waals surface area contributed by atoms with Gasteiger partial charge in [-0.2, -0.15) is 0 Å². The lowest BCUT2D eigenvalue weighted by Crippen LogP contribution is -2.29. The van der Waals surface area contributed by atoms with Crippen LogP contribution in [-0.4, -0.2) is 23.6 Å². The van der Waals surface area contributed by atoms with Crippen molar-refractivity contribution in [2.24, 2.45) is 0 Å². The third-order valence-corrected chi connectivity index (χ3v) is 3.59. The number of carbonyl (C=O) groups excluding carboxylic acids is 2. The molecule has 4 heteroatoms. The molecule has 4 nitrogen and oxygen atoms in total. The molecule has 1 aromatic carbocycles. The molecule has 0 saturated carbocycles. The lowest BCUT2D eigenvalue weighted by atomic mass is 10.1. The molecule has 1 aromatic heterocycles. The molecular formula is C17H19NO3. The van der Waals surface area contributed by atoms with Crippen LogP contribution in [0.3, 0.4) is 0 Å². The van der Waals surface area contributed by atoms with E-state index < -0.39 is 0 Å². The Morgan fingerprint density at radius 2 is 1.81 bits per heavy atom. The standard InChI is InChI=1S/C17H19NO3/c1-13(16-9-6-12-21-16)18(2)17(20)11-10-15(19)14-7-4-3-5-8-14/h3-9,12-13H,10-11H2,1-2H3. The monoisotopic (exact) mass is 285 g/mol. The summed E-state index contributed by atoms with van der Waals surface area (Å²) in [4.78, 5) is 25.7. The van der Waals surface area contributed by atoms with Gasteiger partial charge in [0.25, 0.3) is 0 Å². The summed E-state index contributed by atoms with van der Waals surface area (Å²) in [6.45, 7) is 1.90. The van der Waals surface area contributed by atoms with E-state index >= 15 is 0 Å². The normalized spacial score (nSPS) is 11.9. The topological polar surface area (TPSA) is 50.5 Å². The van der Waals surface area contributed by atoms with Gasteiger partial charge in [-0.05, 0) is 19.1 Å². The highest BCUT2D eigenvalue weighted by molar-refractivity contribution is 5.97. The minimum Gasteiger partial charge on any atom is -0.467 e. The van der Waals surface area contributed by atoms with E-state index in [1.165, 1.54) is 0 Å². The predicted molar refractivity (Wildman–Crippen MR) is 79.9 cm³/mol. The van der Waals surface area contributed by atoms with Gasteiger partial charge in [-0.1, -0.05) is 30.3 Å². The van der Waals surface area contributed by atoms with Gasteiger partial charge in [0, 0.05) is 25.5 Å². The van der Waals surface area contributed by atoms with E-state index in [1.54, 1.807) is 36.4 Å². The molecule has 0 N–H and O–H groups in total. The van der Waals surface area contributed by atoms with Crippen molar-refractivity contribution in [1.82, 2.24) is 4.90 Å². The first-order valence-electron chi connectivity index (χ1n) is 6.97. The van der Waals surface area contributed by atoms with Gasteiger partial charge in [-0.3, -0.25) is 9.59 Å². The number of ketones is 1. The third kappa shape index (κ3) is 3.81. The van der Waals surface area contributed by atoms with E-state index in [4.69, 9.17) is 4.42 Å². The molecule has 0 saturated heterocycles. The molecule has 0 aliphatic carbocycles. The van der Waals surface area contributed by atoms with Crippen molar-refractivity contribution < 1.29 is 14.0 Å². The fourth-order valence-electron chi connectivity index (χ4n) is 2.10. The average molecular weight is 285 g/mol. The van der Waals surface area contributed by atoms with Crippen LogP contribution in [0.1, 0.15) is 41.9 Å². The van der Waals surface area contributed by atoms with Crippen LogP contribution < -0.4 is 0 Å². The fraction of sp³-hybridized carbons (Fsp3) is 0.294. The Morgan fingerprint density at radius 3 is 2.43 bits per heavy atom. The number of amides is 1. The van der Waals surface area contributed by atoms with Crippen molar-refractivity contribution in [3.8, 4) is 0 Å². The summed E-state index contributed by atoms with van der Waals surface area (Å²) >= 11 is 0. The first kappa shape index (κ1) is 15.0. The molecule has 1 heterocycles. The number of hydrogen-bond donors (Lipinski definition) is 0. The second-order valence-electron chi connectivity index (χ2n) is 4.99. The Bertz CT molecular complexity index is 590. The molecule has 1 atom stereocenters. The molecule has 21 heavy (non-hydrogen) atoms. The summed E-state index contributed by atoms with van der Waals surface area (Å²) in [6.07, 6.45) is 2.01. The van der Waals surface area contributed by atoms with Crippen LogP contribution in [0.25, 0.3) is 0 Å². The minimum atomic E-state index is -0.140. The van der Waals surface area contributed by atoms with Crippen LogP contribution in [0.2, 0.25) is 0 Å². The van der Waals surface area contributed by atoms with Crippen molar-refractivity contribution in [1.29, 1.82) is 0 Å². The Kier molecular flexibility index (Phi) is 4.93. The molecule has 0 aliphatic rings. The van der Waals surface area contributed by atoms with Crippen LogP contribution in [0, 0.1) is 0 Å². The number of hydrogen-bond acceptors (Lipinski definition) is 3. The van der Waals surface area contributed by atoms with Crippen LogP contribution in [0.15, 0.2) is 53.1 Å². The van der Waals surface area contributed by atoms with Crippen molar-refractivity contribution in [3.63, 3.8) is 0 Å². The molecule has 1 amide bonds. The zero-order valence-electron chi connectivity index (χ0n) is 12.3. The Hall–Kier alpha value is -2.36.